The maximum atomic E-state index is 12.4. The molecule has 0 spiro atoms. The minimum Gasteiger partial charge on any atom is -0.451 e. The van der Waals surface area contributed by atoms with Gasteiger partial charge in [0.25, 0.3) is 5.91 Å². The fourth-order valence-electron chi connectivity index (χ4n) is 2.74. The number of pyridine rings is 1. The monoisotopic (exact) mass is 360 g/mol. The van der Waals surface area contributed by atoms with E-state index in [1.807, 2.05) is 28.8 Å². The molecule has 0 aliphatic carbocycles. The Kier molecular flexibility index (Phi) is 4.25. The zero-order valence-electron chi connectivity index (χ0n) is 14.5. The number of hydrogen-bond acceptors (Lipinski definition) is 5. The Morgan fingerprint density at radius 3 is 2.63 bits per heavy atom. The predicted octanol–water partition coefficient (Wildman–Crippen LogP) is 3.12. The highest BCUT2D eigenvalue weighted by atomic mass is 16.3. The molecule has 1 aromatic carbocycles. The maximum Gasteiger partial charge on any atom is 0.287 e. The minimum absolute atomic E-state index is 0.00191. The maximum absolute atomic E-state index is 12.4. The van der Waals surface area contributed by atoms with E-state index in [4.69, 9.17) is 4.42 Å². The Balaban J connectivity index is 1.46. The number of carbonyl (C=O) groups excluding carboxylic acids is 2. The summed E-state index contributed by atoms with van der Waals surface area (Å²) in [4.78, 5) is 23.7. The van der Waals surface area contributed by atoms with Crippen molar-refractivity contribution in [3.8, 4) is 11.3 Å². The largest absolute Gasteiger partial charge is 0.451 e. The van der Waals surface area contributed by atoms with Crippen LogP contribution in [0.3, 0.4) is 0 Å². The van der Waals surface area contributed by atoms with E-state index in [-0.39, 0.29) is 24.0 Å². The smallest absolute Gasteiger partial charge is 0.287 e. The third-order valence-corrected chi connectivity index (χ3v) is 4.20. The predicted molar refractivity (Wildman–Crippen MR) is 98.3 cm³/mol. The summed E-state index contributed by atoms with van der Waals surface area (Å²) in [6.45, 7) is 1.75. The Bertz CT molecular complexity index is 1130. The van der Waals surface area contributed by atoms with Gasteiger partial charge in [0.1, 0.15) is 5.76 Å². The lowest BCUT2D eigenvalue weighted by atomic mass is 10.1. The second-order valence-corrected chi connectivity index (χ2v) is 6.03. The molecular weight excluding hydrogens is 344 g/mol. The molecule has 0 radical (unpaired) electrons. The van der Waals surface area contributed by atoms with Gasteiger partial charge in [-0.1, -0.05) is 30.3 Å². The molecule has 27 heavy (non-hydrogen) atoms. The normalized spacial score (nSPS) is 10.9. The second-order valence-electron chi connectivity index (χ2n) is 6.03. The Hall–Kier alpha value is -3.74. The van der Waals surface area contributed by atoms with Gasteiger partial charge in [0.15, 0.2) is 23.0 Å². The van der Waals surface area contributed by atoms with Crippen molar-refractivity contribution in [2.75, 3.05) is 0 Å². The molecule has 0 bridgehead atoms. The van der Waals surface area contributed by atoms with Gasteiger partial charge in [-0.15, -0.1) is 10.2 Å². The van der Waals surface area contributed by atoms with E-state index in [9.17, 15) is 9.59 Å². The van der Waals surface area contributed by atoms with Gasteiger partial charge in [-0.05, 0) is 31.2 Å². The van der Waals surface area contributed by atoms with Gasteiger partial charge in [-0.3, -0.25) is 14.0 Å². The summed E-state index contributed by atoms with van der Waals surface area (Å²) in [5.74, 6) is 1.06. The van der Waals surface area contributed by atoms with Crippen LogP contribution in [0.1, 0.15) is 33.7 Å². The highest BCUT2D eigenvalue weighted by Gasteiger charge is 2.14. The van der Waals surface area contributed by atoms with Crippen molar-refractivity contribution in [1.82, 2.24) is 19.9 Å². The fraction of sp³-hybridized carbons (Fsp3) is 0.100. The summed E-state index contributed by atoms with van der Waals surface area (Å²) >= 11 is 0. The van der Waals surface area contributed by atoms with Crippen LogP contribution in [0.2, 0.25) is 0 Å². The molecule has 7 heteroatoms. The summed E-state index contributed by atoms with van der Waals surface area (Å²) in [6, 6.07) is 16.0. The topological polar surface area (TPSA) is 89.5 Å². The lowest BCUT2D eigenvalue weighted by molar-refractivity contribution is 0.0922. The van der Waals surface area contributed by atoms with Crippen LogP contribution in [-0.2, 0) is 6.54 Å². The number of benzene rings is 1. The molecule has 1 amide bonds. The molecule has 1 N–H and O–H groups in total. The first-order chi connectivity index (χ1) is 13.1. The van der Waals surface area contributed by atoms with Crippen LogP contribution in [0.15, 0.2) is 65.2 Å². The van der Waals surface area contributed by atoms with Gasteiger partial charge in [0.05, 0.1) is 6.54 Å². The van der Waals surface area contributed by atoms with Crippen molar-refractivity contribution in [1.29, 1.82) is 0 Å². The molecule has 0 unspecified atom stereocenters. The lowest BCUT2D eigenvalue weighted by Crippen LogP contribution is -2.23. The Labute approximate surface area is 154 Å². The van der Waals surface area contributed by atoms with Crippen LogP contribution in [0.5, 0.6) is 0 Å². The first kappa shape index (κ1) is 16.7. The quantitative estimate of drug-likeness (QED) is 0.552. The van der Waals surface area contributed by atoms with Gasteiger partial charge >= 0.3 is 0 Å². The highest BCUT2D eigenvalue weighted by Crippen LogP contribution is 2.22. The van der Waals surface area contributed by atoms with Crippen LogP contribution >= 0.6 is 0 Å². The standard InChI is InChI=1S/C20H16N4O3/c1-13(25)14-5-7-15(8-6-14)16-9-10-17(27-16)20(26)21-12-19-23-22-18-4-2-3-11-24(18)19/h2-11H,12H2,1H3,(H,21,26). The van der Waals surface area contributed by atoms with Crippen molar-refractivity contribution in [3.05, 3.63) is 77.9 Å². The zero-order valence-corrected chi connectivity index (χ0v) is 14.5. The summed E-state index contributed by atoms with van der Waals surface area (Å²) in [7, 11) is 0. The van der Waals surface area contributed by atoms with Gasteiger partial charge < -0.3 is 9.73 Å². The van der Waals surface area contributed by atoms with E-state index >= 15 is 0 Å². The van der Waals surface area contributed by atoms with Crippen molar-refractivity contribution in [2.24, 2.45) is 0 Å². The number of amides is 1. The van der Waals surface area contributed by atoms with E-state index in [1.54, 1.807) is 36.4 Å². The van der Waals surface area contributed by atoms with Crippen LogP contribution in [0.25, 0.3) is 17.0 Å². The van der Waals surface area contributed by atoms with Gasteiger partial charge in [0, 0.05) is 17.3 Å². The number of Topliss-reactive ketones (excluding diaryl/α,β-unsaturated/α-hetero) is 1. The summed E-state index contributed by atoms with van der Waals surface area (Å²) < 4.78 is 7.46. The summed E-state index contributed by atoms with van der Waals surface area (Å²) in [6.07, 6.45) is 1.84. The molecule has 0 saturated heterocycles. The first-order valence-electron chi connectivity index (χ1n) is 8.40. The number of hydrogen-bond donors (Lipinski definition) is 1. The number of fused-ring (bicyclic) bond motifs is 1. The van der Waals surface area contributed by atoms with E-state index in [1.165, 1.54) is 6.92 Å². The SMILES string of the molecule is CC(=O)c1ccc(-c2ccc(C(=O)NCc3nnc4ccccn34)o2)cc1. The van der Waals surface area contributed by atoms with Crippen molar-refractivity contribution in [3.63, 3.8) is 0 Å². The molecule has 0 saturated carbocycles. The Morgan fingerprint density at radius 1 is 1.04 bits per heavy atom. The number of nitrogens with one attached hydrogen (secondary N) is 1. The van der Waals surface area contributed by atoms with Crippen LogP contribution in [0.4, 0.5) is 0 Å². The molecule has 3 aromatic heterocycles. The molecule has 4 aromatic rings. The minimum atomic E-state index is -0.339. The van der Waals surface area contributed by atoms with Gasteiger partial charge in [-0.2, -0.15) is 0 Å². The van der Waals surface area contributed by atoms with Crippen LogP contribution in [0, 0.1) is 0 Å². The Morgan fingerprint density at radius 2 is 1.85 bits per heavy atom. The highest BCUT2D eigenvalue weighted by molar-refractivity contribution is 5.94. The lowest BCUT2D eigenvalue weighted by Gasteiger charge is -2.02. The van der Waals surface area contributed by atoms with Gasteiger partial charge in [0.2, 0.25) is 0 Å². The van der Waals surface area contributed by atoms with Crippen LogP contribution in [-0.4, -0.2) is 26.3 Å². The van der Waals surface area contributed by atoms with E-state index in [0.29, 0.717) is 17.1 Å². The molecule has 134 valence electrons. The number of carbonyl (C=O) groups is 2. The number of furan rings is 1. The summed E-state index contributed by atoms with van der Waals surface area (Å²) in [5, 5.41) is 10.9. The average molecular weight is 360 g/mol. The van der Waals surface area contributed by atoms with Crippen molar-refractivity contribution >= 4 is 17.3 Å². The van der Waals surface area contributed by atoms with Crippen molar-refractivity contribution < 1.29 is 14.0 Å². The number of aromatic nitrogens is 3. The number of nitrogens with zero attached hydrogens (tertiary/aromatic N) is 3. The molecule has 0 aliphatic heterocycles. The third kappa shape index (κ3) is 3.35. The molecule has 3 heterocycles. The molecule has 4 rings (SSSR count). The summed E-state index contributed by atoms with van der Waals surface area (Å²) in [5.41, 5.74) is 2.14. The molecular formula is C20H16N4O3. The average Bonchev–Trinajstić information content (AvgIpc) is 3.34. The van der Waals surface area contributed by atoms with E-state index in [0.717, 1.165) is 11.2 Å². The van der Waals surface area contributed by atoms with E-state index in [2.05, 4.69) is 15.5 Å². The molecule has 0 atom stereocenters. The fourth-order valence-corrected chi connectivity index (χ4v) is 2.74. The zero-order chi connectivity index (χ0) is 18.8. The van der Waals surface area contributed by atoms with Gasteiger partial charge in [-0.25, -0.2) is 0 Å². The van der Waals surface area contributed by atoms with Crippen molar-refractivity contribution in [2.45, 2.75) is 13.5 Å². The number of ketones is 1. The molecule has 0 fully saturated rings. The third-order valence-electron chi connectivity index (χ3n) is 4.20. The number of rotatable bonds is 5. The second kappa shape index (κ2) is 6.87. The molecule has 7 nitrogen and oxygen atoms in total. The van der Waals surface area contributed by atoms with E-state index < -0.39 is 0 Å². The van der Waals surface area contributed by atoms with Crippen LogP contribution < -0.4 is 5.32 Å². The molecule has 0 aliphatic rings. The first-order valence-corrected chi connectivity index (χ1v) is 8.40.